The van der Waals surface area contributed by atoms with Crippen molar-refractivity contribution in [3.63, 3.8) is 0 Å². The predicted molar refractivity (Wildman–Crippen MR) is 84.3 cm³/mol. The zero-order valence-electron chi connectivity index (χ0n) is 13.5. The van der Waals surface area contributed by atoms with Gasteiger partial charge in [-0.2, -0.15) is 0 Å². The number of allylic oxidation sites excluding steroid dienone is 1. The zero-order chi connectivity index (χ0) is 16.3. The van der Waals surface area contributed by atoms with Crippen LogP contribution in [0.3, 0.4) is 0 Å². The van der Waals surface area contributed by atoms with Crippen LogP contribution in [0.25, 0.3) is 0 Å². The molecule has 0 unspecified atom stereocenters. The molecule has 1 atom stereocenters. The number of ketones is 1. The monoisotopic (exact) mass is 302 g/mol. The van der Waals surface area contributed by atoms with Gasteiger partial charge < -0.3 is 9.64 Å². The van der Waals surface area contributed by atoms with Crippen molar-refractivity contribution in [1.29, 1.82) is 0 Å². The summed E-state index contributed by atoms with van der Waals surface area (Å²) in [5.41, 5.74) is 2.31. The highest BCUT2D eigenvalue weighted by molar-refractivity contribution is 5.98. The molecule has 1 aliphatic rings. The van der Waals surface area contributed by atoms with Crippen LogP contribution in [0.15, 0.2) is 41.6 Å². The quantitative estimate of drug-likeness (QED) is 0.840. The van der Waals surface area contributed by atoms with Crippen LogP contribution in [0.4, 0.5) is 4.79 Å². The number of carbonyl (C=O) groups is 2. The molecular weight excluding hydrogens is 280 g/mol. The summed E-state index contributed by atoms with van der Waals surface area (Å²) in [5, 5.41) is 0. The van der Waals surface area contributed by atoms with Crippen LogP contribution in [0.2, 0.25) is 0 Å². The highest BCUT2D eigenvalue weighted by Gasteiger charge is 2.38. The second-order valence-electron chi connectivity index (χ2n) is 5.41. The van der Waals surface area contributed by atoms with E-state index in [-0.39, 0.29) is 17.9 Å². The van der Waals surface area contributed by atoms with Gasteiger partial charge in [-0.05, 0) is 19.4 Å². The zero-order valence-corrected chi connectivity index (χ0v) is 13.5. The number of rotatable bonds is 5. The Morgan fingerprint density at radius 3 is 2.45 bits per heavy atom. The Kier molecular flexibility index (Phi) is 4.98. The molecular formula is C17H22N2O3. The van der Waals surface area contributed by atoms with E-state index in [9.17, 15) is 9.59 Å². The van der Waals surface area contributed by atoms with Gasteiger partial charge in [-0.3, -0.25) is 9.69 Å². The molecule has 5 nitrogen and oxygen atoms in total. The highest BCUT2D eigenvalue weighted by Crippen LogP contribution is 2.36. The van der Waals surface area contributed by atoms with E-state index in [2.05, 4.69) is 0 Å². The number of hydrogen-bond donors (Lipinski definition) is 0. The molecule has 2 rings (SSSR count). The van der Waals surface area contributed by atoms with E-state index in [1.165, 1.54) is 0 Å². The molecule has 5 heteroatoms. The fraction of sp³-hybridized carbons (Fsp3) is 0.412. The maximum atomic E-state index is 12.6. The van der Waals surface area contributed by atoms with Crippen molar-refractivity contribution in [2.24, 2.45) is 0 Å². The molecule has 0 bridgehead atoms. The fourth-order valence-electron chi connectivity index (χ4n) is 2.90. The lowest BCUT2D eigenvalue weighted by Crippen LogP contribution is -2.49. The Morgan fingerprint density at radius 2 is 1.91 bits per heavy atom. The van der Waals surface area contributed by atoms with Crippen LogP contribution in [-0.4, -0.2) is 48.9 Å². The third-order valence-corrected chi connectivity index (χ3v) is 4.00. The van der Waals surface area contributed by atoms with Crippen LogP contribution in [0, 0.1) is 0 Å². The molecule has 0 spiro atoms. The molecule has 0 saturated heterocycles. The number of nitrogens with zero attached hydrogens (tertiary/aromatic N) is 2. The lowest BCUT2D eigenvalue weighted by Gasteiger charge is -2.41. The van der Waals surface area contributed by atoms with E-state index in [0.29, 0.717) is 24.4 Å². The van der Waals surface area contributed by atoms with Crippen LogP contribution < -0.4 is 0 Å². The first-order valence-electron chi connectivity index (χ1n) is 7.29. The summed E-state index contributed by atoms with van der Waals surface area (Å²) in [6.45, 7) is 4.24. The summed E-state index contributed by atoms with van der Waals surface area (Å²) in [6.07, 6.45) is 0. The molecule has 0 aliphatic carbocycles. The Bertz CT molecular complexity index is 595. The smallest absolute Gasteiger partial charge is 0.324 e. The number of methoxy groups -OCH3 is 1. The van der Waals surface area contributed by atoms with Gasteiger partial charge >= 0.3 is 6.03 Å². The maximum Gasteiger partial charge on any atom is 0.324 e. The molecule has 1 aromatic carbocycles. The minimum atomic E-state index is -0.343. The van der Waals surface area contributed by atoms with E-state index in [1.54, 1.807) is 30.9 Å². The fourth-order valence-corrected chi connectivity index (χ4v) is 2.90. The lowest BCUT2D eigenvalue weighted by atomic mass is 9.91. The second kappa shape index (κ2) is 6.75. The van der Waals surface area contributed by atoms with Crippen LogP contribution >= 0.6 is 0 Å². The van der Waals surface area contributed by atoms with Crippen molar-refractivity contribution in [3.05, 3.63) is 47.2 Å². The van der Waals surface area contributed by atoms with E-state index in [4.69, 9.17) is 4.74 Å². The first-order chi connectivity index (χ1) is 10.5. The van der Waals surface area contributed by atoms with Crippen molar-refractivity contribution < 1.29 is 14.3 Å². The summed E-state index contributed by atoms with van der Waals surface area (Å²) in [4.78, 5) is 28.1. The third kappa shape index (κ3) is 2.90. The van der Waals surface area contributed by atoms with Gasteiger partial charge in [-0.25, -0.2) is 4.79 Å². The van der Waals surface area contributed by atoms with Gasteiger partial charge in [0, 0.05) is 25.4 Å². The minimum absolute atomic E-state index is 0.0203. The van der Waals surface area contributed by atoms with Gasteiger partial charge in [-0.15, -0.1) is 0 Å². The lowest BCUT2D eigenvalue weighted by molar-refractivity contribution is -0.114. The molecule has 0 fully saturated rings. The average molecular weight is 302 g/mol. The van der Waals surface area contributed by atoms with Crippen LogP contribution in [-0.2, 0) is 9.53 Å². The first kappa shape index (κ1) is 16.2. The van der Waals surface area contributed by atoms with E-state index >= 15 is 0 Å². The molecule has 0 aromatic heterocycles. The van der Waals surface area contributed by atoms with E-state index < -0.39 is 0 Å². The van der Waals surface area contributed by atoms with Crippen molar-refractivity contribution >= 4 is 11.8 Å². The number of likely N-dealkylation sites (N-methyl/N-ethyl adjacent to an activating group) is 1. The number of hydrogen-bond acceptors (Lipinski definition) is 3. The SMILES string of the molecule is COCCN1C(=O)N(C)[C@@H](c2ccccc2)C(C(C)=O)=C1C. The number of ether oxygens (including phenoxy) is 1. The van der Waals surface area contributed by atoms with E-state index in [1.807, 2.05) is 37.3 Å². The molecule has 0 radical (unpaired) electrons. The molecule has 1 aromatic rings. The van der Waals surface area contributed by atoms with Gasteiger partial charge in [0.05, 0.1) is 19.2 Å². The third-order valence-electron chi connectivity index (χ3n) is 4.00. The topological polar surface area (TPSA) is 49.9 Å². The normalized spacial score (nSPS) is 18.9. The standard InChI is InChI=1S/C17H22N2O3/c1-12-15(13(2)20)16(14-8-6-5-7-9-14)18(3)17(21)19(12)10-11-22-4/h5-9,16H,10-11H2,1-4H3/t16-/m0/s1. The average Bonchev–Trinajstić information content (AvgIpc) is 2.51. The van der Waals surface area contributed by atoms with Gasteiger partial charge in [0.1, 0.15) is 0 Å². The Balaban J connectivity index is 2.52. The highest BCUT2D eigenvalue weighted by atomic mass is 16.5. The molecule has 0 saturated carbocycles. The number of benzene rings is 1. The minimum Gasteiger partial charge on any atom is -0.383 e. The van der Waals surface area contributed by atoms with Crippen molar-refractivity contribution in [3.8, 4) is 0 Å². The summed E-state index contributed by atoms with van der Waals surface area (Å²) in [7, 11) is 3.32. The molecule has 0 N–H and O–H groups in total. The number of urea groups is 1. The van der Waals surface area contributed by atoms with Gasteiger partial charge in [-0.1, -0.05) is 30.3 Å². The maximum absolute atomic E-state index is 12.6. The number of Topliss-reactive ketones (excluding diaryl/α,β-unsaturated/α-hetero) is 1. The van der Waals surface area contributed by atoms with Crippen molar-refractivity contribution in [1.82, 2.24) is 9.80 Å². The van der Waals surface area contributed by atoms with Crippen molar-refractivity contribution in [2.45, 2.75) is 19.9 Å². The summed E-state index contributed by atoms with van der Waals surface area (Å²) >= 11 is 0. The van der Waals surface area contributed by atoms with Crippen LogP contribution in [0.1, 0.15) is 25.5 Å². The number of carbonyl (C=O) groups excluding carboxylic acids is 2. The predicted octanol–water partition coefficient (Wildman–Crippen LogP) is 2.60. The molecule has 118 valence electrons. The molecule has 2 amide bonds. The Morgan fingerprint density at radius 1 is 1.27 bits per heavy atom. The van der Waals surface area contributed by atoms with Gasteiger partial charge in [0.15, 0.2) is 5.78 Å². The largest absolute Gasteiger partial charge is 0.383 e. The Hall–Kier alpha value is -2.14. The van der Waals surface area contributed by atoms with Crippen LogP contribution in [0.5, 0.6) is 0 Å². The van der Waals surface area contributed by atoms with Gasteiger partial charge in [0.25, 0.3) is 0 Å². The first-order valence-corrected chi connectivity index (χ1v) is 7.29. The second-order valence-corrected chi connectivity index (χ2v) is 5.41. The van der Waals surface area contributed by atoms with Gasteiger partial charge in [0.2, 0.25) is 0 Å². The molecule has 22 heavy (non-hydrogen) atoms. The van der Waals surface area contributed by atoms with Crippen molar-refractivity contribution in [2.75, 3.05) is 27.3 Å². The summed E-state index contributed by atoms with van der Waals surface area (Å²) in [5.74, 6) is -0.0203. The molecule has 1 aliphatic heterocycles. The molecule has 1 heterocycles. The summed E-state index contributed by atoms with van der Waals surface area (Å²) < 4.78 is 5.06. The van der Waals surface area contributed by atoms with E-state index in [0.717, 1.165) is 5.56 Å². The summed E-state index contributed by atoms with van der Waals surface area (Å²) in [6, 6.07) is 9.17. The Labute approximate surface area is 131 Å². The number of amides is 2.